The number of rotatable bonds is 4. The number of aromatic nitrogens is 3. The molecule has 1 amide bonds. The molecule has 3 atom stereocenters. The molecule has 3 aromatic rings. The largest absolute Gasteiger partial charge is 0.383 e. The molecule has 4 N–H and O–H groups in total. The summed E-state index contributed by atoms with van der Waals surface area (Å²) in [5.41, 5.74) is 10.4. The van der Waals surface area contributed by atoms with E-state index in [0.717, 1.165) is 18.5 Å². The lowest BCUT2D eigenvalue weighted by Crippen LogP contribution is -2.28. The number of carbonyl (C=O) groups is 1. The Kier molecular flexibility index (Phi) is 4.35. The molecule has 1 fully saturated rings. The minimum Gasteiger partial charge on any atom is -0.383 e. The van der Waals surface area contributed by atoms with Gasteiger partial charge in [0, 0.05) is 59.0 Å². The lowest BCUT2D eigenvalue weighted by molar-refractivity contribution is -0.117. The van der Waals surface area contributed by atoms with E-state index in [1.807, 2.05) is 13.1 Å². The van der Waals surface area contributed by atoms with Crippen LogP contribution in [0.25, 0.3) is 22.0 Å². The van der Waals surface area contributed by atoms with Crippen molar-refractivity contribution in [2.75, 3.05) is 17.6 Å². The van der Waals surface area contributed by atoms with Crippen LogP contribution in [0.3, 0.4) is 0 Å². The van der Waals surface area contributed by atoms with Crippen LogP contribution in [0.5, 0.6) is 0 Å². The maximum absolute atomic E-state index is 15.4. The van der Waals surface area contributed by atoms with Crippen molar-refractivity contribution in [2.45, 2.75) is 20.3 Å². The van der Waals surface area contributed by atoms with Crippen LogP contribution in [0, 0.1) is 30.0 Å². The quantitative estimate of drug-likeness (QED) is 0.598. The number of nitrogens with zero attached hydrogens (tertiary/aromatic N) is 4. The van der Waals surface area contributed by atoms with E-state index in [2.05, 4.69) is 37.7 Å². The van der Waals surface area contributed by atoms with Crippen molar-refractivity contribution in [3.8, 4) is 11.3 Å². The fraction of sp³-hybridized carbons (Fsp3) is 0.318. The van der Waals surface area contributed by atoms with E-state index in [1.165, 1.54) is 12.3 Å². The molecule has 0 aromatic carbocycles. The molecule has 158 valence electrons. The molecule has 1 unspecified atom stereocenters. The third-order valence-corrected chi connectivity index (χ3v) is 6.29. The Labute approximate surface area is 178 Å². The summed E-state index contributed by atoms with van der Waals surface area (Å²) >= 11 is 0. The Morgan fingerprint density at radius 2 is 2.19 bits per heavy atom. The Balaban J connectivity index is 1.45. The molecular weight excluding hydrogens is 397 g/mol. The standard InChI is InChI=1S/C22H22FN7O/c1-11-3-4-25-7-14(11)19-18(23)12-6-17(26-8-15(12)20(24)30-19)29-21(31)13-5-16(13)22(2)9-27-28-10-22/h3-4,6-9,13,16,28H,5,10H2,1-2H3,(H2,24,30)(H,26,29,31)/t13-,16-,22?/m0/s1. The van der Waals surface area contributed by atoms with E-state index in [4.69, 9.17) is 5.73 Å². The van der Waals surface area contributed by atoms with Gasteiger partial charge >= 0.3 is 0 Å². The molecule has 1 aliphatic carbocycles. The van der Waals surface area contributed by atoms with Gasteiger partial charge in [0.15, 0.2) is 5.82 Å². The van der Waals surface area contributed by atoms with Crippen LogP contribution in [0.4, 0.5) is 16.0 Å². The van der Waals surface area contributed by atoms with Crippen LogP contribution in [0.1, 0.15) is 18.9 Å². The van der Waals surface area contributed by atoms with Gasteiger partial charge in [-0.2, -0.15) is 5.10 Å². The number of amides is 1. The summed E-state index contributed by atoms with van der Waals surface area (Å²) in [4.78, 5) is 25.3. The summed E-state index contributed by atoms with van der Waals surface area (Å²) in [5, 5.41) is 7.56. The number of nitrogen functional groups attached to an aromatic ring is 1. The Bertz CT molecular complexity index is 1240. The van der Waals surface area contributed by atoms with E-state index >= 15 is 4.39 Å². The number of hydrogen-bond acceptors (Lipinski definition) is 7. The molecular formula is C22H22FN7O. The average Bonchev–Trinajstić information content (AvgIpc) is 3.46. The van der Waals surface area contributed by atoms with E-state index in [-0.39, 0.29) is 45.9 Å². The topological polar surface area (TPSA) is 118 Å². The second kappa shape index (κ2) is 6.97. The van der Waals surface area contributed by atoms with E-state index in [0.29, 0.717) is 10.9 Å². The minimum atomic E-state index is -0.525. The van der Waals surface area contributed by atoms with Crippen molar-refractivity contribution in [2.24, 2.45) is 22.4 Å². The first-order valence-electron chi connectivity index (χ1n) is 10.1. The van der Waals surface area contributed by atoms with E-state index in [9.17, 15) is 4.79 Å². The maximum atomic E-state index is 15.4. The summed E-state index contributed by atoms with van der Waals surface area (Å²) < 4.78 is 15.4. The van der Waals surface area contributed by atoms with Gasteiger partial charge in [0.2, 0.25) is 5.91 Å². The van der Waals surface area contributed by atoms with Gasteiger partial charge in [-0.1, -0.05) is 6.92 Å². The van der Waals surface area contributed by atoms with Gasteiger partial charge in [0.25, 0.3) is 0 Å². The van der Waals surface area contributed by atoms with Gasteiger partial charge in [-0.25, -0.2) is 14.4 Å². The monoisotopic (exact) mass is 419 g/mol. The smallest absolute Gasteiger partial charge is 0.228 e. The molecule has 1 aliphatic heterocycles. The number of anilines is 2. The first-order chi connectivity index (χ1) is 14.9. The number of pyridine rings is 3. The third kappa shape index (κ3) is 3.26. The highest BCUT2D eigenvalue weighted by Gasteiger charge is 2.54. The number of hydrazone groups is 1. The molecule has 0 radical (unpaired) electrons. The SMILES string of the molecule is Cc1ccncc1-c1nc(N)c2cnc(NC(=O)[C@H]3C[C@@H]3C3(C)C=NNC3)cc2c1F. The lowest BCUT2D eigenvalue weighted by Gasteiger charge is -2.19. The van der Waals surface area contributed by atoms with Gasteiger partial charge in [0.05, 0.1) is 0 Å². The molecule has 5 rings (SSSR count). The van der Waals surface area contributed by atoms with Gasteiger partial charge in [-0.3, -0.25) is 9.78 Å². The highest BCUT2D eigenvalue weighted by Crippen LogP contribution is 2.51. The number of aryl methyl sites for hydroxylation is 1. The van der Waals surface area contributed by atoms with Crippen LogP contribution < -0.4 is 16.5 Å². The summed E-state index contributed by atoms with van der Waals surface area (Å²) in [7, 11) is 0. The Morgan fingerprint density at radius 3 is 2.94 bits per heavy atom. The zero-order chi connectivity index (χ0) is 21.8. The van der Waals surface area contributed by atoms with Gasteiger partial charge in [-0.15, -0.1) is 0 Å². The second-order valence-corrected chi connectivity index (χ2v) is 8.50. The van der Waals surface area contributed by atoms with Crippen LogP contribution in [0.2, 0.25) is 0 Å². The summed E-state index contributed by atoms with van der Waals surface area (Å²) in [5.74, 6) is -0.0845. The van der Waals surface area contributed by atoms with Crippen molar-refractivity contribution >= 4 is 34.5 Å². The fourth-order valence-electron chi connectivity index (χ4n) is 4.27. The Morgan fingerprint density at radius 1 is 1.35 bits per heavy atom. The van der Waals surface area contributed by atoms with Gasteiger partial charge in [0.1, 0.15) is 17.3 Å². The number of nitrogens with one attached hydrogen (secondary N) is 2. The molecule has 31 heavy (non-hydrogen) atoms. The van der Waals surface area contributed by atoms with Crippen LogP contribution in [-0.2, 0) is 4.79 Å². The molecule has 0 spiro atoms. The van der Waals surface area contributed by atoms with Crippen molar-refractivity contribution in [3.05, 3.63) is 42.1 Å². The van der Waals surface area contributed by atoms with E-state index < -0.39 is 5.82 Å². The van der Waals surface area contributed by atoms with Crippen LogP contribution in [0.15, 0.2) is 35.8 Å². The van der Waals surface area contributed by atoms with Crippen molar-refractivity contribution in [1.29, 1.82) is 0 Å². The molecule has 9 heteroatoms. The van der Waals surface area contributed by atoms with E-state index in [1.54, 1.807) is 18.5 Å². The molecule has 3 aromatic heterocycles. The molecule has 0 saturated heterocycles. The number of nitrogens with two attached hydrogens (primary N) is 1. The molecule has 2 aliphatic rings. The number of fused-ring (bicyclic) bond motifs is 1. The molecule has 4 heterocycles. The number of carbonyl (C=O) groups excluding carboxylic acids is 1. The predicted octanol–water partition coefficient (Wildman–Crippen LogP) is 2.89. The Hall–Kier alpha value is -3.62. The first kappa shape index (κ1) is 19.3. The lowest BCUT2D eigenvalue weighted by atomic mass is 9.86. The maximum Gasteiger partial charge on any atom is 0.228 e. The van der Waals surface area contributed by atoms with Crippen molar-refractivity contribution in [3.63, 3.8) is 0 Å². The molecule has 1 saturated carbocycles. The third-order valence-electron chi connectivity index (χ3n) is 6.29. The average molecular weight is 419 g/mol. The van der Waals surface area contributed by atoms with Crippen molar-refractivity contribution in [1.82, 2.24) is 20.4 Å². The second-order valence-electron chi connectivity index (χ2n) is 8.50. The number of hydrogen-bond donors (Lipinski definition) is 3. The summed E-state index contributed by atoms with van der Waals surface area (Å²) in [6.45, 7) is 4.67. The van der Waals surface area contributed by atoms with Crippen LogP contribution in [-0.4, -0.2) is 33.6 Å². The zero-order valence-corrected chi connectivity index (χ0v) is 17.2. The zero-order valence-electron chi connectivity index (χ0n) is 17.2. The summed E-state index contributed by atoms with van der Waals surface area (Å²) in [6.07, 6.45) is 7.31. The first-order valence-corrected chi connectivity index (χ1v) is 10.1. The summed E-state index contributed by atoms with van der Waals surface area (Å²) in [6, 6.07) is 3.29. The van der Waals surface area contributed by atoms with Gasteiger partial charge in [-0.05, 0) is 37.0 Å². The van der Waals surface area contributed by atoms with Crippen LogP contribution >= 0.6 is 0 Å². The number of halogens is 1. The predicted molar refractivity (Wildman–Crippen MR) is 117 cm³/mol. The molecule has 8 nitrogen and oxygen atoms in total. The van der Waals surface area contributed by atoms with Crippen molar-refractivity contribution < 1.29 is 9.18 Å². The minimum absolute atomic E-state index is 0.116. The highest BCUT2D eigenvalue weighted by molar-refractivity contribution is 5.99. The normalized spacial score (nSPS) is 24.2. The molecule has 0 bridgehead atoms. The fourth-order valence-corrected chi connectivity index (χ4v) is 4.27. The van der Waals surface area contributed by atoms with Gasteiger partial charge < -0.3 is 16.5 Å². The highest BCUT2D eigenvalue weighted by atomic mass is 19.1.